The number of carbonyl (C=O) groups is 2. The Bertz CT molecular complexity index is 1210. The molecule has 3 aromatic rings. The standard InChI is InChI=1S/C20H20ClN3O6S/c1-10(17(25)22-13-8-11(21)4-5-14(13)30-3)24-15(6-7-29-2)23-18-16(19(24)26)12(9-31-18)20(27)28/h4-5,8-10H,6-7H2,1-3H3,(H,22,25)(H,27,28). The van der Waals surface area contributed by atoms with Crippen molar-refractivity contribution >= 4 is 50.7 Å². The van der Waals surface area contributed by atoms with E-state index in [0.717, 1.165) is 11.3 Å². The molecule has 2 aromatic heterocycles. The first kappa shape index (κ1) is 22.7. The number of benzene rings is 1. The van der Waals surface area contributed by atoms with Gasteiger partial charge in [-0.2, -0.15) is 0 Å². The van der Waals surface area contributed by atoms with E-state index in [1.165, 1.54) is 37.2 Å². The van der Waals surface area contributed by atoms with Gasteiger partial charge in [0.2, 0.25) is 5.91 Å². The minimum Gasteiger partial charge on any atom is -0.495 e. The Morgan fingerprint density at radius 1 is 1.35 bits per heavy atom. The molecule has 1 aromatic carbocycles. The molecule has 0 aliphatic rings. The molecule has 9 nitrogen and oxygen atoms in total. The van der Waals surface area contributed by atoms with Gasteiger partial charge in [0, 0.05) is 23.9 Å². The van der Waals surface area contributed by atoms with Gasteiger partial charge in [0.25, 0.3) is 5.56 Å². The summed E-state index contributed by atoms with van der Waals surface area (Å²) in [5.41, 5.74) is -0.404. The topological polar surface area (TPSA) is 120 Å². The van der Waals surface area contributed by atoms with Crippen molar-refractivity contribution in [3.05, 3.63) is 50.3 Å². The van der Waals surface area contributed by atoms with Crippen molar-refractivity contribution in [2.24, 2.45) is 0 Å². The van der Waals surface area contributed by atoms with Crippen LogP contribution in [0.1, 0.15) is 29.1 Å². The Morgan fingerprint density at radius 2 is 2.10 bits per heavy atom. The number of ether oxygens (including phenoxy) is 2. The van der Waals surface area contributed by atoms with E-state index in [0.29, 0.717) is 27.1 Å². The molecule has 0 bridgehead atoms. The molecule has 0 spiro atoms. The SMILES string of the molecule is COCCc1nc2scc(C(=O)O)c2c(=O)n1C(C)C(=O)Nc1cc(Cl)ccc1OC. The lowest BCUT2D eigenvalue weighted by Gasteiger charge is -2.20. The molecule has 0 saturated heterocycles. The molecule has 164 valence electrons. The fraction of sp³-hybridized carbons (Fsp3) is 0.300. The number of nitrogens with zero attached hydrogens (tertiary/aromatic N) is 2. The number of nitrogens with one attached hydrogen (secondary N) is 1. The quantitative estimate of drug-likeness (QED) is 0.524. The van der Waals surface area contributed by atoms with Gasteiger partial charge in [-0.3, -0.25) is 14.2 Å². The molecule has 0 fully saturated rings. The van der Waals surface area contributed by atoms with E-state index in [1.807, 2.05) is 0 Å². The smallest absolute Gasteiger partial charge is 0.337 e. The number of fused-ring (bicyclic) bond motifs is 1. The van der Waals surface area contributed by atoms with Crippen LogP contribution in [0.4, 0.5) is 5.69 Å². The molecule has 0 aliphatic heterocycles. The zero-order valence-electron chi connectivity index (χ0n) is 17.0. The maximum absolute atomic E-state index is 13.3. The third-order valence-corrected chi connectivity index (χ3v) is 5.77. The summed E-state index contributed by atoms with van der Waals surface area (Å²) in [4.78, 5) is 42.6. The van der Waals surface area contributed by atoms with Crippen LogP contribution in [0.15, 0.2) is 28.4 Å². The van der Waals surface area contributed by atoms with E-state index >= 15 is 0 Å². The zero-order chi connectivity index (χ0) is 22.7. The van der Waals surface area contributed by atoms with Gasteiger partial charge in [0.1, 0.15) is 22.4 Å². The first-order valence-electron chi connectivity index (χ1n) is 9.17. The van der Waals surface area contributed by atoms with Crippen LogP contribution in [0.25, 0.3) is 10.2 Å². The fourth-order valence-electron chi connectivity index (χ4n) is 3.10. The van der Waals surface area contributed by atoms with Crippen LogP contribution in [0.2, 0.25) is 5.02 Å². The van der Waals surface area contributed by atoms with Gasteiger partial charge >= 0.3 is 5.97 Å². The predicted octanol–water partition coefficient (Wildman–Crippen LogP) is 3.21. The summed E-state index contributed by atoms with van der Waals surface area (Å²) in [5.74, 6) is -1.04. The average Bonchev–Trinajstić information content (AvgIpc) is 3.16. The Balaban J connectivity index is 2.08. The summed E-state index contributed by atoms with van der Waals surface area (Å²) in [6, 6.07) is 3.76. The monoisotopic (exact) mass is 465 g/mol. The summed E-state index contributed by atoms with van der Waals surface area (Å²) < 4.78 is 11.5. The van der Waals surface area contributed by atoms with Crippen LogP contribution in [0.5, 0.6) is 5.75 Å². The zero-order valence-corrected chi connectivity index (χ0v) is 18.5. The molecule has 2 heterocycles. The summed E-state index contributed by atoms with van der Waals surface area (Å²) in [5, 5.41) is 13.9. The Hall–Kier alpha value is -2.95. The van der Waals surface area contributed by atoms with E-state index in [4.69, 9.17) is 21.1 Å². The number of thiophene rings is 1. The summed E-state index contributed by atoms with van der Waals surface area (Å²) in [7, 11) is 2.97. The van der Waals surface area contributed by atoms with Crippen LogP contribution in [0, 0.1) is 0 Å². The first-order valence-corrected chi connectivity index (χ1v) is 10.4. The summed E-state index contributed by atoms with van der Waals surface area (Å²) >= 11 is 7.09. The number of carboxylic acids is 1. The highest BCUT2D eigenvalue weighted by atomic mass is 35.5. The molecular weight excluding hydrogens is 446 g/mol. The predicted molar refractivity (Wildman–Crippen MR) is 118 cm³/mol. The number of rotatable bonds is 8. The van der Waals surface area contributed by atoms with Crippen LogP contribution < -0.4 is 15.6 Å². The highest BCUT2D eigenvalue weighted by Crippen LogP contribution is 2.29. The lowest BCUT2D eigenvalue weighted by atomic mass is 10.2. The van der Waals surface area contributed by atoms with Crippen molar-refractivity contribution in [2.45, 2.75) is 19.4 Å². The van der Waals surface area contributed by atoms with Gasteiger partial charge in [0.15, 0.2) is 0 Å². The van der Waals surface area contributed by atoms with E-state index in [-0.39, 0.29) is 24.0 Å². The molecule has 1 unspecified atom stereocenters. The highest BCUT2D eigenvalue weighted by molar-refractivity contribution is 7.17. The van der Waals surface area contributed by atoms with Gasteiger partial charge in [-0.1, -0.05) is 11.6 Å². The highest BCUT2D eigenvalue weighted by Gasteiger charge is 2.25. The molecule has 0 saturated carbocycles. The first-order chi connectivity index (χ1) is 14.8. The van der Waals surface area contributed by atoms with E-state index < -0.39 is 23.5 Å². The maximum atomic E-state index is 13.3. The largest absolute Gasteiger partial charge is 0.495 e. The second-order valence-corrected chi connectivity index (χ2v) is 7.89. The van der Waals surface area contributed by atoms with Crippen molar-refractivity contribution in [3.8, 4) is 5.75 Å². The van der Waals surface area contributed by atoms with Gasteiger partial charge in [0.05, 0.1) is 30.4 Å². The van der Waals surface area contributed by atoms with Crippen LogP contribution >= 0.6 is 22.9 Å². The number of hydrogen-bond acceptors (Lipinski definition) is 7. The lowest BCUT2D eigenvalue weighted by molar-refractivity contribution is -0.119. The molecule has 3 rings (SSSR count). The number of aromatic nitrogens is 2. The lowest BCUT2D eigenvalue weighted by Crippen LogP contribution is -2.35. The number of methoxy groups -OCH3 is 2. The van der Waals surface area contributed by atoms with Gasteiger partial charge < -0.3 is 19.9 Å². The normalized spacial score (nSPS) is 12.0. The minimum atomic E-state index is -1.23. The number of amides is 1. The molecular formula is C20H20ClN3O6S. The van der Waals surface area contributed by atoms with Gasteiger partial charge in [-0.25, -0.2) is 9.78 Å². The van der Waals surface area contributed by atoms with Crippen LogP contribution in [-0.4, -0.2) is 47.4 Å². The van der Waals surface area contributed by atoms with Crippen molar-refractivity contribution < 1.29 is 24.2 Å². The molecule has 1 amide bonds. The summed E-state index contributed by atoms with van der Waals surface area (Å²) in [6.45, 7) is 1.80. The van der Waals surface area contributed by atoms with Crippen molar-refractivity contribution in [1.29, 1.82) is 0 Å². The second-order valence-electron chi connectivity index (χ2n) is 6.59. The maximum Gasteiger partial charge on any atom is 0.337 e. The number of anilines is 1. The Kier molecular flexibility index (Phi) is 6.94. The van der Waals surface area contributed by atoms with E-state index in [1.54, 1.807) is 12.1 Å². The second kappa shape index (κ2) is 9.46. The van der Waals surface area contributed by atoms with Crippen LogP contribution in [-0.2, 0) is 16.0 Å². The third kappa shape index (κ3) is 4.55. The number of carboxylic acid groups (broad SMARTS) is 1. The van der Waals surface area contributed by atoms with Gasteiger partial charge in [-0.15, -0.1) is 11.3 Å². The number of aromatic carboxylic acids is 1. The average molecular weight is 466 g/mol. The Labute approximate surface area is 186 Å². The Morgan fingerprint density at radius 3 is 2.74 bits per heavy atom. The van der Waals surface area contributed by atoms with Gasteiger partial charge in [-0.05, 0) is 25.1 Å². The summed E-state index contributed by atoms with van der Waals surface area (Å²) in [6.07, 6.45) is 0.264. The molecule has 31 heavy (non-hydrogen) atoms. The minimum absolute atomic E-state index is 0.0290. The molecule has 2 N–H and O–H groups in total. The number of carbonyl (C=O) groups excluding carboxylic acids is 1. The molecule has 11 heteroatoms. The third-order valence-electron chi connectivity index (χ3n) is 4.66. The van der Waals surface area contributed by atoms with E-state index in [2.05, 4.69) is 10.3 Å². The number of hydrogen-bond donors (Lipinski definition) is 2. The van der Waals surface area contributed by atoms with E-state index in [9.17, 15) is 19.5 Å². The van der Waals surface area contributed by atoms with Crippen LogP contribution in [0.3, 0.4) is 0 Å². The fourth-order valence-corrected chi connectivity index (χ4v) is 4.20. The van der Waals surface area contributed by atoms with Crippen molar-refractivity contribution in [3.63, 3.8) is 0 Å². The molecule has 0 aliphatic carbocycles. The van der Waals surface area contributed by atoms with Crippen molar-refractivity contribution in [1.82, 2.24) is 9.55 Å². The molecule has 1 atom stereocenters. The van der Waals surface area contributed by atoms with Crippen molar-refractivity contribution in [2.75, 3.05) is 26.1 Å². The number of halogens is 1. The molecule has 0 radical (unpaired) electrons.